The predicted molar refractivity (Wildman–Crippen MR) is 81.5 cm³/mol. The summed E-state index contributed by atoms with van der Waals surface area (Å²) in [5.74, 6) is -0.340. The molecule has 3 atom stereocenters. The van der Waals surface area contributed by atoms with Gasteiger partial charge in [0.15, 0.2) is 6.61 Å². The van der Waals surface area contributed by atoms with Gasteiger partial charge in [0, 0.05) is 17.8 Å². The van der Waals surface area contributed by atoms with Crippen molar-refractivity contribution < 1.29 is 19.2 Å². The van der Waals surface area contributed by atoms with Crippen molar-refractivity contribution in [1.29, 1.82) is 0 Å². The Hall–Kier alpha value is -2.70. The summed E-state index contributed by atoms with van der Waals surface area (Å²) in [6.45, 7) is -0.390. The van der Waals surface area contributed by atoms with Gasteiger partial charge in [-0.25, -0.2) is 0 Å². The smallest absolute Gasteiger partial charge is 0.310 e. The van der Waals surface area contributed by atoms with Gasteiger partial charge in [-0.2, -0.15) is 0 Å². The molecule has 0 spiro atoms. The number of anilines is 1. The summed E-state index contributed by atoms with van der Waals surface area (Å²) < 4.78 is 5.07. The van der Waals surface area contributed by atoms with Crippen molar-refractivity contribution in [2.75, 3.05) is 11.9 Å². The lowest BCUT2D eigenvalue weighted by Gasteiger charge is -2.16. The number of amides is 1. The first-order valence-electron chi connectivity index (χ1n) is 7.42. The van der Waals surface area contributed by atoms with E-state index in [0.29, 0.717) is 11.6 Å². The van der Waals surface area contributed by atoms with Crippen LogP contribution in [0.15, 0.2) is 36.4 Å². The Morgan fingerprint density at radius 1 is 1.30 bits per heavy atom. The molecule has 7 heteroatoms. The van der Waals surface area contributed by atoms with E-state index in [9.17, 15) is 19.7 Å². The first kappa shape index (κ1) is 15.2. The fourth-order valence-electron chi connectivity index (χ4n) is 3.19. The van der Waals surface area contributed by atoms with Crippen LogP contribution in [-0.4, -0.2) is 23.4 Å². The van der Waals surface area contributed by atoms with E-state index in [1.54, 1.807) is 0 Å². The normalized spacial score (nSPS) is 24.4. The Balaban J connectivity index is 1.50. The Bertz CT molecular complexity index is 685. The maximum Gasteiger partial charge on any atom is 0.310 e. The lowest BCUT2D eigenvalue weighted by Crippen LogP contribution is -2.26. The quantitative estimate of drug-likeness (QED) is 0.389. The molecule has 0 unspecified atom stereocenters. The zero-order valence-electron chi connectivity index (χ0n) is 12.3. The number of nitrogens with zero attached hydrogens (tertiary/aromatic N) is 1. The minimum absolute atomic E-state index is 0.117. The van der Waals surface area contributed by atoms with Gasteiger partial charge >= 0.3 is 5.97 Å². The van der Waals surface area contributed by atoms with Crippen LogP contribution in [-0.2, 0) is 14.3 Å². The molecule has 0 aromatic heterocycles. The van der Waals surface area contributed by atoms with Crippen LogP contribution in [0.5, 0.6) is 0 Å². The molecule has 23 heavy (non-hydrogen) atoms. The van der Waals surface area contributed by atoms with Gasteiger partial charge in [-0.15, -0.1) is 0 Å². The molecule has 1 amide bonds. The molecule has 0 heterocycles. The maximum atomic E-state index is 12.0. The number of nitro benzene ring substituents is 1. The van der Waals surface area contributed by atoms with Crippen molar-refractivity contribution in [2.24, 2.45) is 17.8 Å². The van der Waals surface area contributed by atoms with Gasteiger partial charge in [-0.05, 0) is 30.7 Å². The van der Waals surface area contributed by atoms with E-state index in [1.807, 2.05) is 6.08 Å². The van der Waals surface area contributed by atoms with Crippen LogP contribution < -0.4 is 5.32 Å². The summed E-state index contributed by atoms with van der Waals surface area (Å²) in [6.07, 6.45) is 5.94. The standard InChI is InChI=1S/C16H16N2O5/c19-15(17-12-2-1-3-13(8-12)18(21)22)9-23-16(20)14-7-10-4-5-11(14)6-10/h1-5,8,10-11,14H,6-7,9H2,(H,17,19)/t10-,11+,14+/m1/s1. The van der Waals surface area contributed by atoms with Crippen molar-refractivity contribution in [3.63, 3.8) is 0 Å². The second kappa shape index (κ2) is 6.20. The van der Waals surface area contributed by atoms with Gasteiger partial charge < -0.3 is 10.1 Å². The summed E-state index contributed by atoms with van der Waals surface area (Å²) in [5, 5.41) is 13.2. The third-order valence-electron chi connectivity index (χ3n) is 4.27. The van der Waals surface area contributed by atoms with Gasteiger partial charge in [-0.3, -0.25) is 19.7 Å². The number of fused-ring (bicyclic) bond motifs is 2. The minimum Gasteiger partial charge on any atom is -0.455 e. The van der Waals surface area contributed by atoms with E-state index in [-0.39, 0.29) is 30.1 Å². The van der Waals surface area contributed by atoms with E-state index in [4.69, 9.17) is 4.74 Å². The molecule has 0 radical (unpaired) electrons. The topological polar surface area (TPSA) is 98.5 Å². The van der Waals surface area contributed by atoms with Crippen LogP contribution >= 0.6 is 0 Å². The highest BCUT2D eigenvalue weighted by Gasteiger charge is 2.40. The monoisotopic (exact) mass is 316 g/mol. The van der Waals surface area contributed by atoms with Gasteiger partial charge in [0.05, 0.1) is 10.8 Å². The number of rotatable bonds is 5. The molecule has 7 nitrogen and oxygen atoms in total. The maximum absolute atomic E-state index is 12.0. The summed E-state index contributed by atoms with van der Waals surface area (Å²) in [5.41, 5.74) is 0.177. The Kier molecular flexibility index (Phi) is 4.10. The molecule has 1 saturated carbocycles. The molecule has 1 fully saturated rings. The zero-order chi connectivity index (χ0) is 16.4. The van der Waals surface area contributed by atoms with Gasteiger partial charge in [0.1, 0.15) is 0 Å². The average Bonchev–Trinajstić information content (AvgIpc) is 3.16. The van der Waals surface area contributed by atoms with E-state index >= 15 is 0 Å². The highest BCUT2D eigenvalue weighted by atomic mass is 16.6. The summed E-state index contributed by atoms with van der Waals surface area (Å²) in [7, 11) is 0. The fourth-order valence-corrected chi connectivity index (χ4v) is 3.19. The number of carbonyl (C=O) groups is 2. The third-order valence-corrected chi connectivity index (χ3v) is 4.27. The SMILES string of the molecule is O=C(COC(=O)[C@H]1C[C@@H]2C=C[C@H]1C2)Nc1cccc([N+](=O)[O-])c1. The highest BCUT2D eigenvalue weighted by Crippen LogP contribution is 2.43. The molecule has 120 valence electrons. The van der Waals surface area contributed by atoms with Crippen molar-refractivity contribution in [1.82, 2.24) is 0 Å². The van der Waals surface area contributed by atoms with Crippen LogP contribution in [0, 0.1) is 27.9 Å². The number of hydrogen-bond donors (Lipinski definition) is 1. The van der Waals surface area contributed by atoms with Crippen molar-refractivity contribution in [3.05, 3.63) is 46.5 Å². The molecule has 2 aliphatic carbocycles. The molecule has 1 aromatic rings. The van der Waals surface area contributed by atoms with E-state index < -0.39 is 10.8 Å². The molecule has 1 aromatic carbocycles. The molecule has 1 N–H and O–H groups in total. The predicted octanol–water partition coefficient (Wildman–Crippen LogP) is 2.29. The largest absolute Gasteiger partial charge is 0.455 e. The Morgan fingerprint density at radius 2 is 2.13 bits per heavy atom. The average molecular weight is 316 g/mol. The van der Waals surface area contributed by atoms with Crippen LogP contribution in [0.2, 0.25) is 0 Å². The van der Waals surface area contributed by atoms with E-state index in [2.05, 4.69) is 11.4 Å². The second-order valence-electron chi connectivity index (χ2n) is 5.85. The van der Waals surface area contributed by atoms with Gasteiger partial charge in [-0.1, -0.05) is 18.2 Å². The molecule has 2 aliphatic rings. The number of hydrogen-bond acceptors (Lipinski definition) is 5. The number of nitro groups is 1. The Labute approximate surface area is 132 Å². The van der Waals surface area contributed by atoms with E-state index in [1.165, 1.54) is 24.3 Å². The summed E-state index contributed by atoms with van der Waals surface area (Å²) in [4.78, 5) is 33.9. The lowest BCUT2D eigenvalue weighted by atomic mass is 9.94. The number of ether oxygens (including phenoxy) is 1. The van der Waals surface area contributed by atoms with Gasteiger partial charge in [0.25, 0.3) is 11.6 Å². The first-order valence-corrected chi connectivity index (χ1v) is 7.42. The molecule has 2 bridgehead atoms. The Morgan fingerprint density at radius 3 is 2.78 bits per heavy atom. The molecule has 3 rings (SSSR count). The minimum atomic E-state index is -0.543. The number of benzene rings is 1. The lowest BCUT2D eigenvalue weighted by molar-refractivity contribution is -0.384. The fraction of sp³-hybridized carbons (Fsp3) is 0.375. The number of nitrogens with one attached hydrogen (secondary N) is 1. The number of esters is 1. The first-order chi connectivity index (χ1) is 11.0. The molecule has 0 aliphatic heterocycles. The highest BCUT2D eigenvalue weighted by molar-refractivity contribution is 5.93. The van der Waals surface area contributed by atoms with Crippen LogP contribution in [0.4, 0.5) is 11.4 Å². The van der Waals surface area contributed by atoms with Gasteiger partial charge in [0.2, 0.25) is 0 Å². The van der Waals surface area contributed by atoms with Crippen LogP contribution in [0.1, 0.15) is 12.8 Å². The zero-order valence-corrected chi connectivity index (χ0v) is 12.3. The van der Waals surface area contributed by atoms with Crippen molar-refractivity contribution in [3.8, 4) is 0 Å². The van der Waals surface area contributed by atoms with Crippen molar-refractivity contribution >= 4 is 23.3 Å². The molecular formula is C16H16N2O5. The summed E-state index contributed by atoms with van der Waals surface area (Å²) >= 11 is 0. The van der Waals surface area contributed by atoms with E-state index in [0.717, 1.165) is 12.8 Å². The number of allylic oxidation sites excluding steroid dienone is 2. The molecule has 0 saturated heterocycles. The van der Waals surface area contributed by atoms with Crippen LogP contribution in [0.3, 0.4) is 0 Å². The van der Waals surface area contributed by atoms with Crippen LogP contribution in [0.25, 0.3) is 0 Å². The third kappa shape index (κ3) is 3.39. The second-order valence-corrected chi connectivity index (χ2v) is 5.85. The van der Waals surface area contributed by atoms with Crippen molar-refractivity contribution in [2.45, 2.75) is 12.8 Å². The number of carbonyl (C=O) groups excluding carboxylic acids is 2. The number of non-ortho nitro benzene ring substituents is 1. The molecular weight excluding hydrogens is 300 g/mol. The summed E-state index contributed by atoms with van der Waals surface area (Å²) in [6, 6.07) is 5.59.